The number of nitrogens with zero attached hydrogens (tertiary/aromatic N) is 2. The summed E-state index contributed by atoms with van der Waals surface area (Å²) < 4.78 is 11.6. The molecule has 4 aliphatic rings. The summed E-state index contributed by atoms with van der Waals surface area (Å²) in [6.45, 7) is 4.31. The number of urea groups is 1. The van der Waals surface area contributed by atoms with Gasteiger partial charge in [-0.1, -0.05) is 13.0 Å². The van der Waals surface area contributed by atoms with E-state index in [2.05, 4.69) is 22.6 Å². The normalized spacial score (nSPS) is 29.8. The molecule has 1 unspecified atom stereocenters. The van der Waals surface area contributed by atoms with Crippen LogP contribution in [-0.4, -0.2) is 59.6 Å². The SMILES string of the molecule is CC1CCC2(CC1)NC(=O)N(NC(=O)CN1CCCC1c1ccc3c(c1)OCCCO3)C2=O. The first-order chi connectivity index (χ1) is 15.9. The molecule has 3 heterocycles. The van der Waals surface area contributed by atoms with Crippen molar-refractivity contribution in [1.82, 2.24) is 20.7 Å². The fraction of sp³-hybridized carbons (Fsp3) is 0.625. The minimum Gasteiger partial charge on any atom is -0.490 e. The van der Waals surface area contributed by atoms with Crippen LogP contribution in [0.2, 0.25) is 0 Å². The van der Waals surface area contributed by atoms with Crippen molar-refractivity contribution in [1.29, 1.82) is 0 Å². The molecule has 33 heavy (non-hydrogen) atoms. The van der Waals surface area contributed by atoms with Crippen LogP contribution in [-0.2, 0) is 9.59 Å². The van der Waals surface area contributed by atoms with Crippen molar-refractivity contribution in [3.63, 3.8) is 0 Å². The molecule has 3 fully saturated rings. The topological polar surface area (TPSA) is 100 Å². The molecule has 5 rings (SSSR count). The van der Waals surface area contributed by atoms with Crippen molar-refractivity contribution in [3.8, 4) is 11.5 Å². The molecule has 0 bridgehead atoms. The highest BCUT2D eigenvalue weighted by atomic mass is 16.5. The van der Waals surface area contributed by atoms with Crippen molar-refractivity contribution in [2.75, 3.05) is 26.3 Å². The van der Waals surface area contributed by atoms with E-state index in [1.54, 1.807) is 0 Å². The van der Waals surface area contributed by atoms with Gasteiger partial charge in [0.15, 0.2) is 11.5 Å². The Morgan fingerprint density at radius 2 is 1.88 bits per heavy atom. The van der Waals surface area contributed by atoms with E-state index in [1.165, 1.54) is 0 Å². The fourth-order valence-corrected chi connectivity index (χ4v) is 5.44. The predicted octanol–water partition coefficient (Wildman–Crippen LogP) is 2.52. The second-order valence-corrected chi connectivity index (χ2v) is 9.76. The number of likely N-dealkylation sites (tertiary alicyclic amines) is 1. The lowest BCUT2D eigenvalue weighted by atomic mass is 9.77. The summed E-state index contributed by atoms with van der Waals surface area (Å²) in [5, 5.41) is 3.73. The molecule has 1 spiro atoms. The molecule has 1 aliphatic carbocycles. The van der Waals surface area contributed by atoms with Crippen LogP contribution in [0.3, 0.4) is 0 Å². The molecule has 4 amide bonds. The standard InChI is InChI=1S/C24H32N4O5/c1-16-7-9-24(10-8-16)22(30)28(23(31)25-24)26-21(29)15-27-11-2-4-18(27)17-5-6-19-20(14-17)33-13-3-12-32-19/h5-6,14,16,18H,2-4,7-13,15H2,1H3,(H,25,31)(H,26,29). The number of fused-ring (bicyclic) bond motifs is 1. The van der Waals surface area contributed by atoms with Crippen LogP contribution >= 0.6 is 0 Å². The summed E-state index contributed by atoms with van der Waals surface area (Å²) in [4.78, 5) is 40.5. The maximum atomic E-state index is 13.0. The highest BCUT2D eigenvalue weighted by Crippen LogP contribution is 2.38. The minimum atomic E-state index is -0.864. The van der Waals surface area contributed by atoms with Gasteiger partial charge in [0.25, 0.3) is 11.8 Å². The van der Waals surface area contributed by atoms with Gasteiger partial charge >= 0.3 is 6.03 Å². The van der Waals surface area contributed by atoms with Crippen molar-refractivity contribution in [2.24, 2.45) is 5.92 Å². The Bertz CT molecular complexity index is 943. The van der Waals surface area contributed by atoms with E-state index in [0.29, 0.717) is 32.0 Å². The number of amides is 4. The van der Waals surface area contributed by atoms with Crippen molar-refractivity contribution in [2.45, 2.75) is 63.5 Å². The van der Waals surface area contributed by atoms with Gasteiger partial charge in [-0.2, -0.15) is 5.01 Å². The van der Waals surface area contributed by atoms with Gasteiger partial charge in [0.2, 0.25) is 0 Å². The number of hydrogen-bond acceptors (Lipinski definition) is 6. The summed E-state index contributed by atoms with van der Waals surface area (Å²) in [5.74, 6) is 1.34. The van der Waals surface area contributed by atoms with E-state index in [0.717, 1.165) is 60.7 Å². The molecule has 2 N–H and O–H groups in total. The molecule has 3 aliphatic heterocycles. The van der Waals surface area contributed by atoms with Crippen LogP contribution in [0.4, 0.5) is 4.79 Å². The lowest BCUT2D eigenvalue weighted by molar-refractivity contribution is -0.140. The summed E-state index contributed by atoms with van der Waals surface area (Å²) in [5.41, 5.74) is 2.78. The molecule has 0 radical (unpaired) electrons. The second-order valence-electron chi connectivity index (χ2n) is 9.76. The molecular formula is C24H32N4O5. The van der Waals surface area contributed by atoms with Gasteiger partial charge < -0.3 is 14.8 Å². The zero-order valence-electron chi connectivity index (χ0n) is 19.1. The fourth-order valence-electron chi connectivity index (χ4n) is 5.44. The first-order valence-electron chi connectivity index (χ1n) is 12.0. The number of carbonyl (C=O) groups excluding carboxylic acids is 3. The number of hydrogen-bond donors (Lipinski definition) is 2. The Morgan fingerprint density at radius 3 is 2.67 bits per heavy atom. The maximum Gasteiger partial charge on any atom is 0.344 e. The second kappa shape index (κ2) is 8.85. The van der Waals surface area contributed by atoms with Crippen molar-refractivity contribution >= 4 is 17.8 Å². The van der Waals surface area contributed by atoms with Gasteiger partial charge in [0.1, 0.15) is 5.54 Å². The number of carbonyl (C=O) groups is 3. The van der Waals surface area contributed by atoms with E-state index in [9.17, 15) is 14.4 Å². The van der Waals surface area contributed by atoms with Crippen molar-refractivity contribution in [3.05, 3.63) is 23.8 Å². The van der Waals surface area contributed by atoms with Crippen LogP contribution in [0.15, 0.2) is 18.2 Å². The molecule has 0 aromatic heterocycles. The lowest BCUT2D eigenvalue weighted by Gasteiger charge is -2.33. The molecule has 1 aromatic rings. The van der Waals surface area contributed by atoms with Gasteiger partial charge in [-0.15, -0.1) is 0 Å². The summed E-state index contributed by atoms with van der Waals surface area (Å²) in [6.07, 6.45) is 5.75. The molecule has 1 saturated carbocycles. The smallest absolute Gasteiger partial charge is 0.344 e. The number of hydrazine groups is 1. The Labute approximate surface area is 193 Å². The third-order valence-electron chi connectivity index (χ3n) is 7.39. The van der Waals surface area contributed by atoms with Crippen LogP contribution in [0, 0.1) is 5.92 Å². The molecule has 9 heteroatoms. The Hall–Kier alpha value is -2.81. The first kappa shape index (κ1) is 22.0. The average Bonchev–Trinajstić information content (AvgIpc) is 3.24. The molecule has 2 saturated heterocycles. The lowest BCUT2D eigenvalue weighted by Crippen LogP contribution is -2.52. The number of imide groups is 1. The van der Waals surface area contributed by atoms with Crippen LogP contribution in [0.1, 0.15) is 63.5 Å². The average molecular weight is 457 g/mol. The maximum absolute atomic E-state index is 13.0. The number of rotatable bonds is 4. The van der Waals surface area contributed by atoms with Crippen LogP contribution in [0.5, 0.6) is 11.5 Å². The molecule has 1 atom stereocenters. The molecule has 178 valence electrons. The van der Waals surface area contributed by atoms with Crippen LogP contribution in [0.25, 0.3) is 0 Å². The number of ether oxygens (including phenoxy) is 2. The quantitative estimate of drug-likeness (QED) is 0.676. The predicted molar refractivity (Wildman–Crippen MR) is 119 cm³/mol. The Balaban J connectivity index is 1.23. The Kier molecular flexibility index (Phi) is 5.90. The van der Waals surface area contributed by atoms with Crippen LogP contribution < -0.4 is 20.2 Å². The summed E-state index contributed by atoms with van der Waals surface area (Å²) >= 11 is 0. The monoisotopic (exact) mass is 456 g/mol. The summed E-state index contributed by atoms with van der Waals surface area (Å²) in [7, 11) is 0. The van der Waals surface area contributed by atoms with E-state index in [-0.39, 0.29) is 24.4 Å². The minimum absolute atomic E-state index is 0.0715. The zero-order valence-corrected chi connectivity index (χ0v) is 19.1. The highest BCUT2D eigenvalue weighted by molar-refractivity contribution is 6.08. The number of benzene rings is 1. The molecular weight excluding hydrogens is 424 g/mol. The van der Waals surface area contributed by atoms with Gasteiger partial charge in [-0.05, 0) is 68.7 Å². The van der Waals surface area contributed by atoms with E-state index >= 15 is 0 Å². The van der Waals surface area contributed by atoms with Gasteiger partial charge in [-0.25, -0.2) is 4.79 Å². The molecule has 9 nitrogen and oxygen atoms in total. The van der Waals surface area contributed by atoms with Gasteiger partial charge in [-0.3, -0.25) is 19.9 Å². The molecule has 1 aromatic carbocycles. The number of nitrogens with one attached hydrogen (secondary N) is 2. The third kappa shape index (κ3) is 4.26. The Morgan fingerprint density at radius 1 is 1.12 bits per heavy atom. The van der Waals surface area contributed by atoms with E-state index in [1.807, 2.05) is 18.2 Å². The van der Waals surface area contributed by atoms with Gasteiger partial charge in [0.05, 0.1) is 19.8 Å². The largest absolute Gasteiger partial charge is 0.490 e. The first-order valence-corrected chi connectivity index (χ1v) is 12.0. The van der Waals surface area contributed by atoms with E-state index in [4.69, 9.17) is 9.47 Å². The third-order valence-corrected chi connectivity index (χ3v) is 7.39. The van der Waals surface area contributed by atoms with Crippen molar-refractivity contribution < 1.29 is 23.9 Å². The van der Waals surface area contributed by atoms with Gasteiger partial charge in [0, 0.05) is 12.5 Å². The van der Waals surface area contributed by atoms with E-state index < -0.39 is 11.6 Å². The highest BCUT2D eigenvalue weighted by Gasteiger charge is 2.53. The summed E-state index contributed by atoms with van der Waals surface area (Å²) in [6, 6.07) is 5.50. The zero-order chi connectivity index (χ0) is 23.0.